The topological polar surface area (TPSA) is 81.8 Å². The van der Waals surface area contributed by atoms with Gasteiger partial charge in [-0.3, -0.25) is 19.7 Å². The van der Waals surface area contributed by atoms with Gasteiger partial charge in [0.05, 0.1) is 11.3 Å². The number of fused-ring (bicyclic) bond motifs is 1. The number of anilines is 1. The minimum Gasteiger partial charge on any atom is -0.366 e. The summed E-state index contributed by atoms with van der Waals surface area (Å²) in [6.07, 6.45) is 0.117. The van der Waals surface area contributed by atoms with Crippen LogP contribution in [0.5, 0.6) is 0 Å². The van der Waals surface area contributed by atoms with Crippen LogP contribution in [0, 0.1) is 17.5 Å². The Morgan fingerprint density at radius 2 is 1.67 bits per heavy atom. The maximum Gasteiger partial charge on any atom is 0.258 e. The fourth-order valence-corrected chi connectivity index (χ4v) is 3.91. The third kappa shape index (κ3) is 2.75. The Labute approximate surface area is 152 Å². The van der Waals surface area contributed by atoms with Crippen molar-refractivity contribution in [1.82, 2.24) is 15.5 Å². The van der Waals surface area contributed by atoms with Gasteiger partial charge in [-0.1, -0.05) is 0 Å². The molecule has 0 aliphatic carbocycles. The zero-order valence-corrected chi connectivity index (χ0v) is 14.3. The Balaban J connectivity index is 1.76. The Kier molecular flexibility index (Phi) is 4.29. The van der Waals surface area contributed by atoms with Crippen molar-refractivity contribution in [3.05, 3.63) is 28.6 Å². The molecule has 1 aromatic carbocycles. The molecule has 0 bridgehead atoms. The number of amides is 3. The van der Waals surface area contributed by atoms with Crippen LogP contribution in [0.2, 0.25) is 0 Å². The van der Waals surface area contributed by atoms with E-state index in [9.17, 15) is 27.6 Å². The van der Waals surface area contributed by atoms with Crippen LogP contribution in [0.3, 0.4) is 0 Å². The van der Waals surface area contributed by atoms with E-state index in [4.69, 9.17) is 0 Å². The molecule has 7 nitrogen and oxygen atoms in total. The van der Waals surface area contributed by atoms with E-state index in [1.54, 1.807) is 4.90 Å². The molecule has 10 heteroatoms. The molecule has 0 aromatic heterocycles. The first-order valence-corrected chi connectivity index (χ1v) is 8.69. The normalized spacial score (nSPS) is 22.9. The monoisotopic (exact) mass is 382 g/mol. The van der Waals surface area contributed by atoms with Crippen LogP contribution >= 0.6 is 0 Å². The average molecular weight is 382 g/mol. The van der Waals surface area contributed by atoms with Gasteiger partial charge in [0.2, 0.25) is 11.8 Å². The number of nitrogens with zero attached hydrogens (tertiary/aromatic N) is 2. The molecule has 0 spiro atoms. The highest BCUT2D eigenvalue weighted by molar-refractivity contribution is 6.06. The first-order chi connectivity index (χ1) is 12.9. The number of rotatable bonds is 2. The highest BCUT2D eigenvalue weighted by atomic mass is 19.2. The quantitative estimate of drug-likeness (QED) is 0.567. The number of nitrogens with one attached hydrogen (secondary N) is 2. The maximum atomic E-state index is 14.6. The van der Waals surface area contributed by atoms with Crippen LogP contribution in [-0.4, -0.2) is 54.8 Å². The van der Waals surface area contributed by atoms with Crippen LogP contribution in [-0.2, 0) is 16.1 Å². The summed E-state index contributed by atoms with van der Waals surface area (Å²) in [5.74, 6) is -6.55. The molecule has 1 unspecified atom stereocenters. The van der Waals surface area contributed by atoms with Crippen molar-refractivity contribution in [3.8, 4) is 0 Å². The molecule has 0 saturated carbocycles. The van der Waals surface area contributed by atoms with Crippen LogP contribution in [0.1, 0.15) is 28.8 Å². The van der Waals surface area contributed by atoms with Crippen LogP contribution in [0.4, 0.5) is 18.9 Å². The lowest BCUT2D eigenvalue weighted by molar-refractivity contribution is -0.136. The van der Waals surface area contributed by atoms with Crippen molar-refractivity contribution in [2.45, 2.75) is 25.4 Å². The van der Waals surface area contributed by atoms with Crippen molar-refractivity contribution in [3.63, 3.8) is 0 Å². The van der Waals surface area contributed by atoms with E-state index in [1.807, 2.05) is 0 Å². The number of halogens is 3. The molecule has 3 aliphatic heterocycles. The summed E-state index contributed by atoms with van der Waals surface area (Å²) in [6, 6.07) is -0.982. The molecule has 3 amide bonds. The van der Waals surface area contributed by atoms with Crippen LogP contribution in [0.25, 0.3) is 0 Å². The van der Waals surface area contributed by atoms with E-state index in [0.717, 1.165) is 4.90 Å². The Hall–Kier alpha value is -2.62. The molecule has 3 aliphatic rings. The minimum atomic E-state index is -1.69. The fraction of sp³-hybridized carbons (Fsp3) is 0.471. The Bertz CT molecular complexity index is 855. The number of benzene rings is 1. The molecule has 27 heavy (non-hydrogen) atoms. The van der Waals surface area contributed by atoms with Gasteiger partial charge in [-0.15, -0.1) is 0 Å². The lowest BCUT2D eigenvalue weighted by Crippen LogP contribution is -2.52. The maximum absolute atomic E-state index is 14.6. The molecular weight excluding hydrogens is 365 g/mol. The van der Waals surface area contributed by atoms with Gasteiger partial charge in [-0.25, -0.2) is 13.2 Å². The van der Waals surface area contributed by atoms with Gasteiger partial charge >= 0.3 is 0 Å². The highest BCUT2D eigenvalue weighted by Gasteiger charge is 2.44. The number of hydrogen-bond acceptors (Lipinski definition) is 5. The van der Waals surface area contributed by atoms with Crippen molar-refractivity contribution < 1.29 is 27.6 Å². The van der Waals surface area contributed by atoms with Gasteiger partial charge < -0.3 is 15.1 Å². The molecule has 2 N–H and O–H groups in total. The smallest absolute Gasteiger partial charge is 0.258 e. The van der Waals surface area contributed by atoms with Gasteiger partial charge in [0.15, 0.2) is 17.5 Å². The summed E-state index contributed by atoms with van der Waals surface area (Å²) < 4.78 is 43.2. The standard InChI is InChI=1S/C17H17F3N4O3/c18-12-11-8(15(14(20)13(12)19)23-5-3-21-4-6-23)7-24(17(11)27)9-1-2-10(25)22-16(9)26/h9,21H,1-7H2,(H,22,25,26). The number of imide groups is 1. The molecule has 2 fully saturated rings. The van der Waals surface area contributed by atoms with E-state index >= 15 is 0 Å². The van der Waals surface area contributed by atoms with E-state index in [1.165, 1.54) is 0 Å². The van der Waals surface area contributed by atoms with Crippen molar-refractivity contribution in [2.24, 2.45) is 0 Å². The molecule has 144 valence electrons. The number of hydrogen-bond donors (Lipinski definition) is 2. The van der Waals surface area contributed by atoms with Crippen molar-refractivity contribution in [2.75, 3.05) is 31.1 Å². The van der Waals surface area contributed by atoms with Gasteiger partial charge in [0.25, 0.3) is 5.91 Å². The van der Waals surface area contributed by atoms with Gasteiger partial charge in [0.1, 0.15) is 6.04 Å². The summed E-state index contributed by atoms with van der Waals surface area (Å²) in [6.45, 7) is 1.62. The zero-order chi connectivity index (χ0) is 19.3. The second-order valence-electron chi connectivity index (χ2n) is 6.78. The highest BCUT2D eigenvalue weighted by Crippen LogP contribution is 2.39. The third-order valence-electron chi connectivity index (χ3n) is 5.22. The number of piperidine rings is 1. The average Bonchev–Trinajstić information content (AvgIpc) is 2.98. The molecular formula is C17H17F3N4O3. The molecule has 2 saturated heterocycles. The van der Waals surface area contributed by atoms with Gasteiger partial charge in [-0.05, 0) is 6.42 Å². The number of carbonyl (C=O) groups excluding carboxylic acids is 3. The molecule has 1 atom stereocenters. The molecule has 0 radical (unpaired) electrons. The zero-order valence-electron chi connectivity index (χ0n) is 14.3. The fourth-order valence-electron chi connectivity index (χ4n) is 3.91. The predicted octanol–water partition coefficient (Wildman–Crippen LogP) is 0.275. The summed E-state index contributed by atoms with van der Waals surface area (Å²) in [5.41, 5.74) is -0.622. The summed E-state index contributed by atoms with van der Waals surface area (Å²) >= 11 is 0. The van der Waals surface area contributed by atoms with Crippen molar-refractivity contribution >= 4 is 23.4 Å². The lowest BCUT2D eigenvalue weighted by Gasteiger charge is -2.32. The molecule has 3 heterocycles. The first kappa shape index (κ1) is 17.8. The second-order valence-corrected chi connectivity index (χ2v) is 6.78. The second kappa shape index (κ2) is 6.52. The van der Waals surface area contributed by atoms with E-state index in [-0.39, 0.29) is 30.6 Å². The summed E-state index contributed by atoms with van der Waals surface area (Å²) in [7, 11) is 0. The summed E-state index contributed by atoms with van der Waals surface area (Å²) in [4.78, 5) is 38.8. The van der Waals surface area contributed by atoms with E-state index in [2.05, 4.69) is 10.6 Å². The van der Waals surface area contributed by atoms with Crippen molar-refractivity contribution in [1.29, 1.82) is 0 Å². The Morgan fingerprint density at radius 1 is 0.963 bits per heavy atom. The van der Waals surface area contributed by atoms with E-state index < -0.39 is 46.8 Å². The van der Waals surface area contributed by atoms with Gasteiger partial charge in [0, 0.05) is 44.7 Å². The number of piperazine rings is 1. The van der Waals surface area contributed by atoms with Crippen LogP contribution < -0.4 is 15.5 Å². The summed E-state index contributed by atoms with van der Waals surface area (Å²) in [5, 5.41) is 5.22. The molecule has 1 aromatic rings. The third-order valence-corrected chi connectivity index (χ3v) is 5.22. The largest absolute Gasteiger partial charge is 0.366 e. The Morgan fingerprint density at radius 3 is 2.33 bits per heavy atom. The SMILES string of the molecule is O=C1CCC(N2Cc3c(c(F)c(F)c(F)c3N3CCNCC3)C2=O)C(=O)N1. The first-order valence-electron chi connectivity index (χ1n) is 8.69. The van der Waals surface area contributed by atoms with E-state index in [0.29, 0.717) is 26.2 Å². The van der Waals surface area contributed by atoms with Crippen LogP contribution in [0.15, 0.2) is 0 Å². The predicted molar refractivity (Wildman–Crippen MR) is 87.4 cm³/mol. The lowest BCUT2D eigenvalue weighted by atomic mass is 10.0. The minimum absolute atomic E-state index is 0.0341. The molecule has 4 rings (SSSR count). The number of carbonyl (C=O) groups is 3. The van der Waals surface area contributed by atoms with Gasteiger partial charge in [-0.2, -0.15) is 0 Å².